The van der Waals surface area contributed by atoms with E-state index in [1.807, 2.05) is 0 Å². The maximum absolute atomic E-state index is 12.5. The molecule has 5 nitrogen and oxygen atoms in total. The molecule has 120 valence electrons. The molecule has 0 fully saturated rings. The maximum Gasteiger partial charge on any atom is 0.251 e. The molecule has 0 saturated heterocycles. The molecule has 1 N–H and O–H groups in total. The van der Waals surface area contributed by atoms with Gasteiger partial charge >= 0.3 is 0 Å². The van der Waals surface area contributed by atoms with Crippen molar-refractivity contribution < 1.29 is 22.3 Å². The van der Waals surface area contributed by atoms with E-state index in [1.54, 1.807) is 12.1 Å². The summed E-state index contributed by atoms with van der Waals surface area (Å²) in [6.07, 6.45) is -2.51. The lowest BCUT2D eigenvalue weighted by molar-refractivity contribution is 0.0746. The van der Waals surface area contributed by atoms with Gasteiger partial charge in [-0.2, -0.15) is 0 Å². The Labute approximate surface area is 123 Å². The van der Waals surface area contributed by atoms with Crippen molar-refractivity contribution in [1.29, 1.82) is 0 Å². The van der Waals surface area contributed by atoms with Gasteiger partial charge in [-0.3, -0.25) is 4.90 Å². The molecule has 0 unspecified atom stereocenters. The predicted molar refractivity (Wildman–Crippen MR) is 75.7 cm³/mol. The second-order valence-electron chi connectivity index (χ2n) is 4.78. The van der Waals surface area contributed by atoms with Crippen LogP contribution in [0, 0.1) is 0 Å². The first-order chi connectivity index (χ1) is 9.77. The van der Waals surface area contributed by atoms with Crippen molar-refractivity contribution in [3.05, 3.63) is 29.8 Å². The highest BCUT2D eigenvalue weighted by Gasteiger charge is 2.18. The summed E-state index contributed by atoms with van der Waals surface area (Å²) in [4.78, 5) is 1.50. The molecule has 0 atom stereocenters. The number of aliphatic hydroxyl groups excluding tert-OH is 1. The topological polar surface area (TPSA) is 60.9 Å². The Bertz CT molecular complexity index is 550. The monoisotopic (exact) mass is 322 g/mol. The molecule has 21 heavy (non-hydrogen) atoms. The quantitative estimate of drug-likeness (QED) is 0.775. The lowest BCUT2D eigenvalue weighted by Crippen LogP contribution is -2.31. The van der Waals surface area contributed by atoms with E-state index < -0.39 is 23.0 Å². The van der Waals surface area contributed by atoms with Gasteiger partial charge in [0, 0.05) is 27.2 Å². The third kappa shape index (κ3) is 5.31. The molecular formula is C13H20F2N2O3S. The molecule has 0 saturated carbocycles. The number of aliphatic hydroxyl groups is 1. The summed E-state index contributed by atoms with van der Waals surface area (Å²) in [6, 6.07) is 6.17. The van der Waals surface area contributed by atoms with Crippen LogP contribution in [-0.2, 0) is 16.6 Å². The molecule has 0 aromatic heterocycles. The molecule has 0 aliphatic carbocycles. The first kappa shape index (κ1) is 18.0. The Morgan fingerprint density at radius 2 is 1.95 bits per heavy atom. The molecule has 0 aliphatic rings. The number of sulfonamides is 1. The molecule has 1 rings (SSSR count). The number of halogens is 2. The van der Waals surface area contributed by atoms with Crippen LogP contribution in [0.2, 0.25) is 0 Å². The SMILES string of the molecule is CN(C)S(=O)(=O)c1cccc(CN(CCO)CC(F)F)c1. The molecule has 0 heterocycles. The van der Waals surface area contributed by atoms with Crippen LogP contribution in [0.1, 0.15) is 5.56 Å². The van der Waals surface area contributed by atoms with Crippen molar-refractivity contribution in [3.63, 3.8) is 0 Å². The van der Waals surface area contributed by atoms with Crippen LogP contribution >= 0.6 is 0 Å². The van der Waals surface area contributed by atoms with E-state index >= 15 is 0 Å². The van der Waals surface area contributed by atoms with Gasteiger partial charge in [0.2, 0.25) is 10.0 Å². The molecule has 0 spiro atoms. The maximum atomic E-state index is 12.5. The Morgan fingerprint density at radius 3 is 2.48 bits per heavy atom. The molecular weight excluding hydrogens is 302 g/mol. The third-order valence-electron chi connectivity index (χ3n) is 2.90. The van der Waals surface area contributed by atoms with Crippen LogP contribution < -0.4 is 0 Å². The Morgan fingerprint density at radius 1 is 1.29 bits per heavy atom. The van der Waals surface area contributed by atoms with Crippen LogP contribution in [0.4, 0.5) is 8.78 Å². The summed E-state index contributed by atoms with van der Waals surface area (Å²) in [5.74, 6) is 0. The highest BCUT2D eigenvalue weighted by molar-refractivity contribution is 7.89. The molecule has 8 heteroatoms. The third-order valence-corrected chi connectivity index (χ3v) is 4.71. The van der Waals surface area contributed by atoms with E-state index in [4.69, 9.17) is 5.11 Å². The summed E-state index contributed by atoms with van der Waals surface area (Å²) in [6.45, 7) is -0.440. The van der Waals surface area contributed by atoms with Crippen LogP contribution in [0.25, 0.3) is 0 Å². The van der Waals surface area contributed by atoms with Gasteiger partial charge in [0.25, 0.3) is 6.43 Å². The molecule has 0 radical (unpaired) electrons. The average molecular weight is 322 g/mol. The summed E-state index contributed by atoms with van der Waals surface area (Å²) < 4.78 is 50.1. The van der Waals surface area contributed by atoms with Crippen LogP contribution in [0.15, 0.2) is 29.2 Å². The van der Waals surface area contributed by atoms with Crippen LogP contribution in [0.3, 0.4) is 0 Å². The lowest BCUT2D eigenvalue weighted by Gasteiger charge is -2.21. The van der Waals surface area contributed by atoms with E-state index in [-0.39, 0.29) is 24.6 Å². The van der Waals surface area contributed by atoms with Gasteiger partial charge in [0.15, 0.2) is 0 Å². The normalized spacial score (nSPS) is 12.6. The van der Waals surface area contributed by atoms with Gasteiger partial charge in [-0.05, 0) is 17.7 Å². The van der Waals surface area contributed by atoms with Gasteiger partial charge in [0.05, 0.1) is 18.0 Å². The number of rotatable bonds is 8. The molecule has 0 aliphatic heterocycles. The van der Waals surface area contributed by atoms with Crippen LogP contribution in [-0.4, -0.2) is 62.9 Å². The highest BCUT2D eigenvalue weighted by Crippen LogP contribution is 2.16. The molecule has 0 bridgehead atoms. The molecule has 0 amide bonds. The lowest BCUT2D eigenvalue weighted by atomic mass is 10.2. The zero-order chi connectivity index (χ0) is 16.0. The first-order valence-electron chi connectivity index (χ1n) is 6.40. The van der Waals surface area contributed by atoms with Crippen molar-refractivity contribution >= 4 is 10.0 Å². The van der Waals surface area contributed by atoms with Gasteiger partial charge in [-0.1, -0.05) is 12.1 Å². The number of benzene rings is 1. The van der Waals surface area contributed by atoms with Crippen molar-refractivity contribution in [3.8, 4) is 0 Å². The van der Waals surface area contributed by atoms with Gasteiger partial charge < -0.3 is 5.11 Å². The number of hydrogen-bond acceptors (Lipinski definition) is 4. The second kappa shape index (κ2) is 7.79. The summed E-state index contributed by atoms with van der Waals surface area (Å²) >= 11 is 0. The van der Waals surface area contributed by atoms with Crippen molar-refractivity contribution in [2.24, 2.45) is 0 Å². The van der Waals surface area contributed by atoms with Crippen molar-refractivity contribution in [1.82, 2.24) is 9.21 Å². The smallest absolute Gasteiger partial charge is 0.251 e. The van der Waals surface area contributed by atoms with E-state index in [0.717, 1.165) is 4.31 Å². The zero-order valence-corrected chi connectivity index (χ0v) is 12.9. The zero-order valence-electron chi connectivity index (χ0n) is 12.0. The van der Waals surface area contributed by atoms with Crippen molar-refractivity contribution in [2.75, 3.05) is 33.8 Å². The predicted octanol–water partition coefficient (Wildman–Crippen LogP) is 0.996. The van der Waals surface area contributed by atoms with Crippen LogP contribution in [0.5, 0.6) is 0 Å². The second-order valence-corrected chi connectivity index (χ2v) is 6.94. The Kier molecular flexibility index (Phi) is 6.66. The van der Waals surface area contributed by atoms with Gasteiger partial charge in [-0.15, -0.1) is 0 Å². The minimum Gasteiger partial charge on any atom is -0.395 e. The number of nitrogens with zero attached hydrogens (tertiary/aromatic N) is 2. The fourth-order valence-electron chi connectivity index (χ4n) is 1.84. The highest BCUT2D eigenvalue weighted by atomic mass is 32.2. The molecule has 1 aromatic carbocycles. The number of hydrogen-bond donors (Lipinski definition) is 1. The summed E-state index contributed by atoms with van der Waals surface area (Å²) in [5, 5.41) is 8.90. The first-order valence-corrected chi connectivity index (χ1v) is 7.84. The van der Waals surface area contributed by atoms with Gasteiger partial charge in [0.1, 0.15) is 0 Å². The minimum atomic E-state index is -3.55. The fourth-order valence-corrected chi connectivity index (χ4v) is 2.82. The van der Waals surface area contributed by atoms with E-state index in [9.17, 15) is 17.2 Å². The van der Waals surface area contributed by atoms with Gasteiger partial charge in [-0.25, -0.2) is 21.5 Å². The van der Waals surface area contributed by atoms with E-state index in [0.29, 0.717) is 5.56 Å². The standard InChI is InChI=1S/C13H20F2N2O3S/c1-16(2)21(19,20)12-5-3-4-11(8-12)9-17(6-7-18)10-13(14)15/h3-5,8,13,18H,6-7,9-10H2,1-2H3. The van der Waals surface area contributed by atoms with E-state index in [1.165, 1.54) is 31.1 Å². The fraction of sp³-hybridized carbons (Fsp3) is 0.538. The minimum absolute atomic E-state index is 0.106. The Hall–Kier alpha value is -1.09. The largest absolute Gasteiger partial charge is 0.395 e. The average Bonchev–Trinajstić information content (AvgIpc) is 2.38. The number of alkyl halides is 2. The molecule has 1 aromatic rings. The summed E-state index contributed by atoms with van der Waals surface area (Å²) in [7, 11) is -0.698. The summed E-state index contributed by atoms with van der Waals surface area (Å²) in [5.41, 5.74) is 0.604. The van der Waals surface area contributed by atoms with E-state index in [2.05, 4.69) is 0 Å². The Balaban J connectivity index is 2.94. The van der Waals surface area contributed by atoms with Crippen molar-refractivity contribution in [2.45, 2.75) is 17.9 Å².